The van der Waals surface area contributed by atoms with Crippen LogP contribution in [0.2, 0.25) is 0 Å². The fraction of sp³-hybridized carbons (Fsp3) is 0.200. The quantitative estimate of drug-likeness (QED) is 0.717. The number of hydrogen-bond acceptors (Lipinski definition) is 4. The Morgan fingerprint density at radius 1 is 1.29 bits per heavy atom. The molecule has 1 radical (unpaired) electrons. The Bertz CT molecular complexity index is 414. The summed E-state index contributed by atoms with van der Waals surface area (Å²) in [5.74, 6) is 1.02. The van der Waals surface area contributed by atoms with Gasteiger partial charge in [0.25, 0.3) is 5.88 Å². The van der Waals surface area contributed by atoms with Crippen LogP contribution in [-0.2, 0) is 0 Å². The molecule has 0 aliphatic heterocycles. The first-order valence-corrected chi connectivity index (χ1v) is 4.10. The van der Waals surface area contributed by atoms with Crippen molar-refractivity contribution >= 4 is 11.0 Å². The van der Waals surface area contributed by atoms with E-state index in [0.29, 0.717) is 17.1 Å². The van der Waals surface area contributed by atoms with Crippen molar-refractivity contribution in [1.29, 1.82) is 0 Å². The molecule has 2 aromatic heterocycles. The van der Waals surface area contributed by atoms with Crippen LogP contribution < -0.4 is 9.47 Å². The van der Waals surface area contributed by atoms with Crippen LogP contribution in [0.5, 0.6) is 11.6 Å². The molecule has 0 bridgehead atoms. The largest absolute Gasteiger partial charge is 0.491 e. The number of ether oxygens (including phenoxy) is 2. The summed E-state index contributed by atoms with van der Waals surface area (Å²) in [6, 6.07) is 6.45. The molecule has 71 valence electrons. The number of fused-ring (bicyclic) bond motifs is 1. The molecule has 0 amide bonds. The fourth-order valence-corrected chi connectivity index (χ4v) is 1.20. The minimum atomic E-state index is 0.448. The van der Waals surface area contributed by atoms with Crippen LogP contribution in [0.3, 0.4) is 0 Å². The SMILES string of the molecule is COc1cc2ncc[c]c2nc1OC. The van der Waals surface area contributed by atoms with Gasteiger partial charge in [0, 0.05) is 18.3 Å². The third kappa shape index (κ3) is 1.35. The highest BCUT2D eigenvalue weighted by molar-refractivity contribution is 5.76. The van der Waals surface area contributed by atoms with E-state index in [1.807, 2.05) is 0 Å². The number of rotatable bonds is 2. The average molecular weight is 189 g/mol. The lowest BCUT2D eigenvalue weighted by atomic mass is 10.3. The Hall–Kier alpha value is -1.84. The highest BCUT2D eigenvalue weighted by atomic mass is 16.5. The maximum Gasteiger partial charge on any atom is 0.257 e. The molecule has 0 aliphatic rings. The van der Waals surface area contributed by atoms with Gasteiger partial charge < -0.3 is 9.47 Å². The van der Waals surface area contributed by atoms with Crippen LogP contribution >= 0.6 is 0 Å². The van der Waals surface area contributed by atoms with E-state index in [2.05, 4.69) is 16.0 Å². The second-order valence-electron chi connectivity index (χ2n) is 2.66. The van der Waals surface area contributed by atoms with Crippen LogP contribution in [0.1, 0.15) is 0 Å². The van der Waals surface area contributed by atoms with Gasteiger partial charge in [-0.1, -0.05) is 0 Å². The molecule has 0 saturated carbocycles. The van der Waals surface area contributed by atoms with Crippen molar-refractivity contribution in [2.24, 2.45) is 0 Å². The number of aromatic nitrogens is 2. The van der Waals surface area contributed by atoms with Gasteiger partial charge in [-0.3, -0.25) is 4.98 Å². The Morgan fingerprint density at radius 3 is 2.86 bits per heavy atom. The van der Waals surface area contributed by atoms with Crippen LogP contribution in [0.25, 0.3) is 11.0 Å². The summed E-state index contributed by atoms with van der Waals surface area (Å²) >= 11 is 0. The zero-order valence-electron chi connectivity index (χ0n) is 7.94. The first-order valence-electron chi connectivity index (χ1n) is 4.10. The van der Waals surface area contributed by atoms with Gasteiger partial charge in [0.15, 0.2) is 5.75 Å². The molecule has 0 aliphatic carbocycles. The first kappa shape index (κ1) is 8.74. The summed E-state index contributed by atoms with van der Waals surface area (Å²) in [6.07, 6.45) is 1.66. The number of pyridine rings is 2. The molecule has 4 heteroatoms. The van der Waals surface area contributed by atoms with E-state index in [-0.39, 0.29) is 0 Å². The molecule has 14 heavy (non-hydrogen) atoms. The lowest BCUT2D eigenvalue weighted by Crippen LogP contribution is -1.94. The Kier molecular flexibility index (Phi) is 2.18. The molecular formula is C10H9N2O2. The van der Waals surface area contributed by atoms with Gasteiger partial charge in [0.1, 0.15) is 5.52 Å². The average Bonchev–Trinajstić information content (AvgIpc) is 2.27. The number of hydrogen-bond donors (Lipinski definition) is 0. The van der Waals surface area contributed by atoms with E-state index in [1.165, 1.54) is 0 Å². The number of nitrogens with zero attached hydrogens (tertiary/aromatic N) is 2. The summed E-state index contributed by atoms with van der Waals surface area (Å²) in [7, 11) is 3.12. The molecular weight excluding hydrogens is 180 g/mol. The Morgan fingerprint density at radius 2 is 2.14 bits per heavy atom. The number of methoxy groups -OCH3 is 2. The van der Waals surface area contributed by atoms with E-state index in [4.69, 9.17) is 9.47 Å². The summed E-state index contributed by atoms with van der Waals surface area (Å²) in [4.78, 5) is 8.34. The van der Waals surface area contributed by atoms with E-state index in [9.17, 15) is 0 Å². The summed E-state index contributed by atoms with van der Waals surface area (Å²) < 4.78 is 10.2. The van der Waals surface area contributed by atoms with Crippen molar-refractivity contribution in [3.05, 3.63) is 24.4 Å². The smallest absolute Gasteiger partial charge is 0.257 e. The predicted octanol–water partition coefficient (Wildman–Crippen LogP) is 1.45. The normalized spacial score (nSPS) is 10.1. The lowest BCUT2D eigenvalue weighted by Gasteiger charge is -2.06. The second kappa shape index (κ2) is 3.49. The van der Waals surface area contributed by atoms with E-state index < -0.39 is 0 Å². The maximum absolute atomic E-state index is 5.10. The Balaban J connectivity index is 2.69. The van der Waals surface area contributed by atoms with Crippen molar-refractivity contribution in [3.8, 4) is 11.6 Å². The molecule has 2 aromatic rings. The van der Waals surface area contributed by atoms with Gasteiger partial charge in [-0.15, -0.1) is 0 Å². The van der Waals surface area contributed by atoms with Crippen molar-refractivity contribution in [2.45, 2.75) is 0 Å². The van der Waals surface area contributed by atoms with Crippen LogP contribution in [0, 0.1) is 6.07 Å². The maximum atomic E-state index is 5.10. The molecule has 0 fully saturated rings. The van der Waals surface area contributed by atoms with Gasteiger partial charge in [-0.05, 0) is 6.07 Å². The zero-order chi connectivity index (χ0) is 9.97. The topological polar surface area (TPSA) is 44.2 Å². The highest BCUT2D eigenvalue weighted by Gasteiger charge is 2.07. The molecule has 0 spiro atoms. The molecule has 4 nitrogen and oxygen atoms in total. The van der Waals surface area contributed by atoms with Gasteiger partial charge in [0.05, 0.1) is 19.7 Å². The van der Waals surface area contributed by atoms with Gasteiger partial charge in [-0.2, -0.15) is 0 Å². The second-order valence-corrected chi connectivity index (χ2v) is 2.66. The molecule has 2 heterocycles. The fourth-order valence-electron chi connectivity index (χ4n) is 1.20. The van der Waals surface area contributed by atoms with Crippen LogP contribution in [0.4, 0.5) is 0 Å². The van der Waals surface area contributed by atoms with Crippen molar-refractivity contribution < 1.29 is 9.47 Å². The van der Waals surface area contributed by atoms with Gasteiger partial charge in [-0.25, -0.2) is 4.98 Å². The monoisotopic (exact) mass is 189 g/mol. The zero-order valence-corrected chi connectivity index (χ0v) is 7.94. The van der Waals surface area contributed by atoms with Crippen molar-refractivity contribution in [2.75, 3.05) is 14.2 Å². The molecule has 0 N–H and O–H groups in total. The minimum absolute atomic E-state index is 0.448. The standard InChI is InChI=1S/C10H9N2O2/c1-13-9-6-8-7(4-3-5-11-8)12-10(9)14-2/h3,5-6H,1-2H3. The molecule has 0 atom stereocenters. The lowest BCUT2D eigenvalue weighted by molar-refractivity contribution is 0.344. The summed E-state index contributed by atoms with van der Waals surface area (Å²) in [6.45, 7) is 0. The van der Waals surface area contributed by atoms with Crippen LogP contribution in [-0.4, -0.2) is 24.2 Å². The Labute approximate surface area is 81.5 Å². The van der Waals surface area contributed by atoms with Gasteiger partial charge in [0.2, 0.25) is 0 Å². The van der Waals surface area contributed by atoms with E-state index in [0.717, 1.165) is 5.52 Å². The van der Waals surface area contributed by atoms with Crippen LogP contribution in [0.15, 0.2) is 18.3 Å². The first-order chi connectivity index (χ1) is 6.85. The molecule has 0 saturated heterocycles. The van der Waals surface area contributed by atoms with Gasteiger partial charge >= 0.3 is 0 Å². The molecule has 0 unspecified atom stereocenters. The van der Waals surface area contributed by atoms with Crippen molar-refractivity contribution in [1.82, 2.24) is 9.97 Å². The summed E-state index contributed by atoms with van der Waals surface area (Å²) in [5.41, 5.74) is 1.41. The van der Waals surface area contributed by atoms with Crippen molar-refractivity contribution in [3.63, 3.8) is 0 Å². The van der Waals surface area contributed by atoms with E-state index in [1.54, 1.807) is 32.5 Å². The summed E-state index contributed by atoms with van der Waals surface area (Å²) in [5, 5.41) is 0. The molecule has 0 aromatic carbocycles. The van der Waals surface area contributed by atoms with E-state index >= 15 is 0 Å². The third-order valence-corrected chi connectivity index (χ3v) is 1.86. The highest BCUT2D eigenvalue weighted by Crippen LogP contribution is 2.26. The predicted molar refractivity (Wildman–Crippen MR) is 51.5 cm³/mol. The molecule has 2 rings (SSSR count). The third-order valence-electron chi connectivity index (χ3n) is 1.86. The minimum Gasteiger partial charge on any atom is -0.491 e.